The molecule has 3 aromatic rings. The number of ether oxygens (including phenoxy) is 5. The van der Waals surface area contributed by atoms with Crippen LogP contribution in [0.2, 0.25) is 0 Å². The number of rotatable bonds is 12. The summed E-state index contributed by atoms with van der Waals surface area (Å²) >= 11 is 0. The second-order valence-corrected chi connectivity index (χ2v) is 8.57. The first-order valence-corrected chi connectivity index (χ1v) is 12.1. The van der Waals surface area contributed by atoms with Crippen LogP contribution in [-0.4, -0.2) is 49.0 Å². The fourth-order valence-corrected chi connectivity index (χ4v) is 4.14. The summed E-state index contributed by atoms with van der Waals surface area (Å²) in [5, 5.41) is 11.0. The van der Waals surface area contributed by atoms with Gasteiger partial charge >= 0.3 is 0 Å². The standard InChI is InChI=1S/C30H32O6/c1-2-18-33-27-26(22-32-19-23-12-6-3-7-13-23)36-30(31)29(35-21-25-16-10-5-11-17-25)28(27)34-20-24-14-8-4-9-15-24/h1,3-17,26-31H,18-22H2/t26-,27+,28+,29-,30-/m1/s1. The van der Waals surface area contributed by atoms with Crippen LogP contribution in [0.5, 0.6) is 0 Å². The van der Waals surface area contributed by atoms with Crippen LogP contribution in [0, 0.1) is 12.3 Å². The van der Waals surface area contributed by atoms with Gasteiger partial charge in [0.1, 0.15) is 31.0 Å². The minimum atomic E-state index is -1.23. The molecule has 0 unspecified atom stereocenters. The molecule has 1 heterocycles. The molecule has 0 spiro atoms. The Bertz CT molecular complexity index is 1050. The molecule has 0 radical (unpaired) electrons. The Morgan fingerprint density at radius 2 is 1.17 bits per heavy atom. The number of aliphatic hydroxyl groups is 1. The van der Waals surface area contributed by atoms with Gasteiger partial charge in [-0.2, -0.15) is 0 Å². The molecular formula is C30H32O6. The Morgan fingerprint density at radius 1 is 0.667 bits per heavy atom. The molecule has 0 saturated carbocycles. The Balaban J connectivity index is 1.50. The van der Waals surface area contributed by atoms with E-state index in [1.807, 2.05) is 91.0 Å². The SMILES string of the molecule is C#CCO[C@@H]1[C@H](OCc2ccccc2)[C@@H](OCc2ccccc2)[C@H](O)O[C@@H]1COCc1ccccc1. The van der Waals surface area contributed by atoms with Gasteiger partial charge in [0.25, 0.3) is 0 Å². The van der Waals surface area contributed by atoms with E-state index in [1.165, 1.54) is 0 Å². The zero-order valence-electron chi connectivity index (χ0n) is 20.1. The molecule has 36 heavy (non-hydrogen) atoms. The van der Waals surface area contributed by atoms with Crippen molar-refractivity contribution in [3.8, 4) is 12.3 Å². The van der Waals surface area contributed by atoms with E-state index >= 15 is 0 Å². The summed E-state index contributed by atoms with van der Waals surface area (Å²) in [5.74, 6) is 2.52. The maximum atomic E-state index is 11.0. The maximum absolute atomic E-state index is 11.0. The second kappa shape index (κ2) is 13.9. The average Bonchev–Trinajstić information content (AvgIpc) is 2.92. The molecule has 0 aliphatic carbocycles. The Hall–Kier alpha value is -3.02. The highest BCUT2D eigenvalue weighted by Gasteiger charge is 2.47. The van der Waals surface area contributed by atoms with Crippen LogP contribution in [0.15, 0.2) is 91.0 Å². The van der Waals surface area contributed by atoms with Gasteiger partial charge in [0.05, 0.1) is 26.4 Å². The summed E-state index contributed by atoms with van der Waals surface area (Å²) in [7, 11) is 0. The minimum Gasteiger partial charge on any atom is -0.374 e. The lowest BCUT2D eigenvalue weighted by molar-refractivity contribution is -0.314. The normalized spacial score (nSPS) is 23.7. The van der Waals surface area contributed by atoms with Crippen molar-refractivity contribution in [3.63, 3.8) is 0 Å². The third-order valence-corrected chi connectivity index (χ3v) is 5.93. The number of aliphatic hydroxyl groups excluding tert-OH is 1. The second-order valence-electron chi connectivity index (χ2n) is 8.57. The van der Waals surface area contributed by atoms with Gasteiger partial charge in [0.15, 0.2) is 6.29 Å². The summed E-state index contributed by atoms with van der Waals surface area (Å²) in [5.41, 5.74) is 3.00. The third kappa shape index (κ3) is 7.49. The number of terminal acetylenes is 1. The summed E-state index contributed by atoms with van der Waals surface area (Å²) in [6.07, 6.45) is 1.63. The zero-order chi connectivity index (χ0) is 25.0. The van der Waals surface area contributed by atoms with Crippen LogP contribution in [-0.2, 0) is 43.5 Å². The molecule has 1 aliphatic rings. The first-order valence-electron chi connectivity index (χ1n) is 12.1. The Labute approximate surface area is 212 Å². The van der Waals surface area contributed by atoms with E-state index in [0.29, 0.717) is 13.2 Å². The van der Waals surface area contributed by atoms with E-state index in [0.717, 1.165) is 16.7 Å². The lowest BCUT2D eigenvalue weighted by Crippen LogP contribution is -2.61. The van der Waals surface area contributed by atoms with Crippen molar-refractivity contribution in [2.75, 3.05) is 13.2 Å². The molecule has 0 aromatic heterocycles. The smallest absolute Gasteiger partial charge is 0.184 e. The largest absolute Gasteiger partial charge is 0.374 e. The van der Waals surface area contributed by atoms with Crippen molar-refractivity contribution >= 4 is 0 Å². The molecule has 0 amide bonds. The Kier molecular flexibility index (Phi) is 10.1. The molecule has 1 fully saturated rings. The average molecular weight is 489 g/mol. The van der Waals surface area contributed by atoms with Crippen molar-refractivity contribution in [3.05, 3.63) is 108 Å². The molecule has 6 nitrogen and oxygen atoms in total. The first-order chi connectivity index (χ1) is 17.7. The van der Waals surface area contributed by atoms with E-state index in [2.05, 4.69) is 5.92 Å². The van der Waals surface area contributed by atoms with Gasteiger partial charge in [0, 0.05) is 0 Å². The van der Waals surface area contributed by atoms with E-state index in [-0.39, 0.29) is 19.8 Å². The van der Waals surface area contributed by atoms with Gasteiger partial charge < -0.3 is 28.8 Å². The number of hydrogen-bond acceptors (Lipinski definition) is 6. The number of hydrogen-bond donors (Lipinski definition) is 1. The Morgan fingerprint density at radius 3 is 1.69 bits per heavy atom. The van der Waals surface area contributed by atoms with Crippen LogP contribution in [0.25, 0.3) is 0 Å². The van der Waals surface area contributed by atoms with E-state index in [9.17, 15) is 5.11 Å². The van der Waals surface area contributed by atoms with Gasteiger partial charge in [-0.25, -0.2) is 0 Å². The molecule has 1 aliphatic heterocycles. The molecule has 188 valence electrons. The van der Waals surface area contributed by atoms with E-state index in [1.54, 1.807) is 0 Å². The minimum absolute atomic E-state index is 0.0654. The summed E-state index contributed by atoms with van der Waals surface area (Å²) in [6, 6.07) is 29.4. The van der Waals surface area contributed by atoms with Crippen LogP contribution < -0.4 is 0 Å². The highest BCUT2D eigenvalue weighted by molar-refractivity contribution is 5.15. The monoisotopic (exact) mass is 488 g/mol. The van der Waals surface area contributed by atoms with Crippen LogP contribution in [0.4, 0.5) is 0 Å². The topological polar surface area (TPSA) is 66.4 Å². The van der Waals surface area contributed by atoms with Gasteiger partial charge in [-0.15, -0.1) is 6.42 Å². The van der Waals surface area contributed by atoms with E-state index < -0.39 is 30.7 Å². The molecule has 1 saturated heterocycles. The van der Waals surface area contributed by atoms with Crippen molar-refractivity contribution in [1.29, 1.82) is 0 Å². The molecular weight excluding hydrogens is 456 g/mol. The molecule has 1 N–H and O–H groups in total. The van der Waals surface area contributed by atoms with Crippen molar-refractivity contribution in [1.82, 2.24) is 0 Å². The summed E-state index contributed by atoms with van der Waals surface area (Å²) in [6.45, 7) is 1.26. The summed E-state index contributed by atoms with van der Waals surface area (Å²) in [4.78, 5) is 0. The third-order valence-electron chi connectivity index (χ3n) is 5.93. The predicted octanol–water partition coefficient (Wildman–Crippen LogP) is 4.11. The summed E-state index contributed by atoms with van der Waals surface area (Å²) < 4.78 is 30.4. The quantitative estimate of drug-likeness (QED) is 0.387. The molecule has 3 aromatic carbocycles. The lowest BCUT2D eigenvalue weighted by Gasteiger charge is -2.44. The predicted molar refractivity (Wildman–Crippen MR) is 136 cm³/mol. The molecule has 5 atom stereocenters. The van der Waals surface area contributed by atoms with Gasteiger partial charge in [-0.3, -0.25) is 0 Å². The van der Waals surface area contributed by atoms with Crippen LogP contribution >= 0.6 is 0 Å². The van der Waals surface area contributed by atoms with E-state index in [4.69, 9.17) is 30.1 Å². The molecule has 0 bridgehead atoms. The van der Waals surface area contributed by atoms with Crippen LogP contribution in [0.1, 0.15) is 16.7 Å². The first kappa shape index (κ1) is 26.1. The zero-order valence-corrected chi connectivity index (χ0v) is 20.1. The van der Waals surface area contributed by atoms with Gasteiger partial charge in [-0.1, -0.05) is 96.9 Å². The van der Waals surface area contributed by atoms with Gasteiger partial charge in [-0.05, 0) is 16.7 Å². The van der Waals surface area contributed by atoms with Crippen molar-refractivity contribution < 1.29 is 28.8 Å². The fraction of sp³-hybridized carbons (Fsp3) is 0.333. The van der Waals surface area contributed by atoms with Crippen LogP contribution in [0.3, 0.4) is 0 Å². The molecule has 4 rings (SSSR count). The maximum Gasteiger partial charge on any atom is 0.184 e. The van der Waals surface area contributed by atoms with Crippen molar-refractivity contribution in [2.45, 2.75) is 50.5 Å². The fourth-order valence-electron chi connectivity index (χ4n) is 4.14. The number of benzene rings is 3. The molecule has 6 heteroatoms. The van der Waals surface area contributed by atoms with Gasteiger partial charge in [0.2, 0.25) is 0 Å². The lowest BCUT2D eigenvalue weighted by atomic mass is 9.98. The van der Waals surface area contributed by atoms with Crippen molar-refractivity contribution in [2.24, 2.45) is 0 Å². The highest BCUT2D eigenvalue weighted by atomic mass is 16.7. The highest BCUT2D eigenvalue weighted by Crippen LogP contribution is 2.29.